The van der Waals surface area contributed by atoms with E-state index in [-0.39, 0.29) is 11.8 Å². The van der Waals surface area contributed by atoms with Crippen LogP contribution in [-0.4, -0.2) is 44.3 Å². The molecule has 0 spiro atoms. The molecule has 1 saturated heterocycles. The van der Waals surface area contributed by atoms with E-state index in [4.69, 9.17) is 4.74 Å². The number of likely N-dealkylation sites (N-methyl/N-ethyl adjacent to an activating group) is 1. The average molecular weight is 286 g/mol. The number of nitrogens with one attached hydrogen (secondary N) is 1. The van der Waals surface area contributed by atoms with Crippen LogP contribution in [-0.2, 0) is 0 Å². The molecule has 112 valence electrons. The minimum atomic E-state index is -2.84. The Hall–Kier alpha value is -1.56. The third kappa shape index (κ3) is 3.50. The SMILES string of the molecule is COc1ccc(OC(F)F)c(NC2CC(C)N(C)C2)c1. The van der Waals surface area contributed by atoms with Crippen molar-refractivity contribution in [1.82, 2.24) is 4.90 Å². The van der Waals surface area contributed by atoms with Gasteiger partial charge >= 0.3 is 6.61 Å². The minimum absolute atomic E-state index is 0.142. The van der Waals surface area contributed by atoms with Crippen molar-refractivity contribution < 1.29 is 18.3 Å². The van der Waals surface area contributed by atoms with Crippen LogP contribution in [0.2, 0.25) is 0 Å². The highest BCUT2D eigenvalue weighted by atomic mass is 19.3. The van der Waals surface area contributed by atoms with Crippen LogP contribution in [0, 0.1) is 0 Å². The van der Waals surface area contributed by atoms with Crippen molar-refractivity contribution in [2.45, 2.75) is 32.0 Å². The molecule has 1 fully saturated rings. The molecule has 1 aromatic carbocycles. The van der Waals surface area contributed by atoms with Gasteiger partial charge in [-0.2, -0.15) is 8.78 Å². The van der Waals surface area contributed by atoms with Crippen molar-refractivity contribution in [1.29, 1.82) is 0 Å². The van der Waals surface area contributed by atoms with E-state index in [1.165, 1.54) is 13.2 Å². The first-order valence-corrected chi connectivity index (χ1v) is 6.59. The lowest BCUT2D eigenvalue weighted by Gasteiger charge is -2.18. The number of likely N-dealkylation sites (tertiary alicyclic amines) is 1. The molecular weight excluding hydrogens is 266 g/mol. The minimum Gasteiger partial charge on any atom is -0.497 e. The summed E-state index contributed by atoms with van der Waals surface area (Å²) in [7, 11) is 3.59. The Morgan fingerprint density at radius 1 is 1.40 bits per heavy atom. The van der Waals surface area contributed by atoms with Crippen molar-refractivity contribution >= 4 is 5.69 Å². The number of hydrogen-bond donors (Lipinski definition) is 1. The summed E-state index contributed by atoms with van der Waals surface area (Å²) in [5.74, 6) is 0.747. The van der Waals surface area contributed by atoms with E-state index in [9.17, 15) is 8.78 Å². The van der Waals surface area contributed by atoms with Gasteiger partial charge in [0.15, 0.2) is 0 Å². The molecule has 2 rings (SSSR count). The molecule has 0 aromatic heterocycles. The predicted octanol–water partition coefficient (Wildman–Crippen LogP) is 2.80. The third-order valence-electron chi connectivity index (χ3n) is 3.65. The van der Waals surface area contributed by atoms with Crippen molar-refractivity contribution in [3.8, 4) is 11.5 Å². The quantitative estimate of drug-likeness (QED) is 0.902. The first-order valence-electron chi connectivity index (χ1n) is 6.59. The lowest BCUT2D eigenvalue weighted by molar-refractivity contribution is -0.0494. The summed E-state index contributed by atoms with van der Waals surface area (Å²) in [5.41, 5.74) is 0.539. The highest BCUT2D eigenvalue weighted by Crippen LogP contribution is 2.32. The van der Waals surface area contributed by atoms with E-state index in [0.717, 1.165) is 13.0 Å². The molecule has 1 N–H and O–H groups in total. The Kier molecular flexibility index (Phi) is 4.65. The maximum atomic E-state index is 12.4. The number of methoxy groups -OCH3 is 1. The molecule has 2 atom stereocenters. The summed E-state index contributed by atoms with van der Waals surface area (Å²) in [5, 5.41) is 3.27. The molecule has 0 radical (unpaired) electrons. The van der Waals surface area contributed by atoms with Gasteiger partial charge in [0.2, 0.25) is 0 Å². The number of benzene rings is 1. The molecule has 0 aliphatic carbocycles. The molecule has 0 bridgehead atoms. The topological polar surface area (TPSA) is 33.7 Å². The molecule has 2 unspecified atom stereocenters. The highest BCUT2D eigenvalue weighted by molar-refractivity contribution is 5.60. The molecule has 20 heavy (non-hydrogen) atoms. The highest BCUT2D eigenvalue weighted by Gasteiger charge is 2.26. The lowest BCUT2D eigenvalue weighted by Crippen LogP contribution is -2.25. The summed E-state index contributed by atoms with van der Waals surface area (Å²) < 4.78 is 34.5. The largest absolute Gasteiger partial charge is 0.497 e. The van der Waals surface area contributed by atoms with Crippen LogP contribution in [0.3, 0.4) is 0 Å². The van der Waals surface area contributed by atoms with E-state index >= 15 is 0 Å². The fourth-order valence-corrected chi connectivity index (χ4v) is 2.47. The van der Waals surface area contributed by atoms with Gasteiger partial charge in [-0.3, -0.25) is 0 Å². The second-order valence-corrected chi connectivity index (χ2v) is 5.11. The van der Waals surface area contributed by atoms with Gasteiger partial charge in [-0.05, 0) is 32.5 Å². The van der Waals surface area contributed by atoms with E-state index in [0.29, 0.717) is 17.5 Å². The number of alkyl halides is 2. The molecule has 0 amide bonds. The molecule has 1 aliphatic heterocycles. The van der Waals surface area contributed by atoms with E-state index in [1.54, 1.807) is 12.1 Å². The summed E-state index contributed by atoms with van der Waals surface area (Å²) in [6.45, 7) is 0.171. The fourth-order valence-electron chi connectivity index (χ4n) is 2.47. The van der Waals surface area contributed by atoms with Gasteiger partial charge in [-0.15, -0.1) is 0 Å². The van der Waals surface area contributed by atoms with Crippen LogP contribution in [0.5, 0.6) is 11.5 Å². The Labute approximate surface area is 117 Å². The Bertz CT molecular complexity index is 447. The van der Waals surface area contributed by atoms with E-state index in [2.05, 4.69) is 28.9 Å². The smallest absolute Gasteiger partial charge is 0.387 e. The number of rotatable bonds is 5. The number of nitrogens with zero attached hydrogens (tertiary/aromatic N) is 1. The third-order valence-corrected chi connectivity index (χ3v) is 3.65. The zero-order valence-electron chi connectivity index (χ0n) is 11.9. The van der Waals surface area contributed by atoms with Gasteiger partial charge in [0.25, 0.3) is 0 Å². The fraction of sp³-hybridized carbons (Fsp3) is 0.571. The summed E-state index contributed by atoms with van der Waals surface area (Å²) >= 11 is 0. The molecule has 0 saturated carbocycles. The van der Waals surface area contributed by atoms with Crippen molar-refractivity contribution in [2.24, 2.45) is 0 Å². The van der Waals surface area contributed by atoms with Crippen molar-refractivity contribution in [3.05, 3.63) is 18.2 Å². The van der Waals surface area contributed by atoms with Gasteiger partial charge in [0.1, 0.15) is 11.5 Å². The first-order chi connectivity index (χ1) is 9.49. The Morgan fingerprint density at radius 2 is 2.15 bits per heavy atom. The maximum absolute atomic E-state index is 12.4. The Balaban J connectivity index is 2.15. The van der Waals surface area contributed by atoms with Gasteiger partial charge in [-0.25, -0.2) is 0 Å². The van der Waals surface area contributed by atoms with Gasteiger partial charge in [0.05, 0.1) is 12.8 Å². The molecule has 1 aliphatic rings. The van der Waals surface area contributed by atoms with Gasteiger partial charge in [-0.1, -0.05) is 0 Å². The average Bonchev–Trinajstić information content (AvgIpc) is 2.70. The second-order valence-electron chi connectivity index (χ2n) is 5.11. The second kappa shape index (κ2) is 6.26. The summed E-state index contributed by atoms with van der Waals surface area (Å²) in [4.78, 5) is 2.23. The molecule has 1 aromatic rings. The van der Waals surface area contributed by atoms with Gasteiger partial charge in [0, 0.05) is 24.7 Å². The number of halogens is 2. The van der Waals surface area contributed by atoms with Crippen LogP contribution in [0.1, 0.15) is 13.3 Å². The normalized spacial score (nSPS) is 23.1. The number of anilines is 1. The molecule has 1 heterocycles. The summed E-state index contributed by atoms with van der Waals surface area (Å²) in [6, 6.07) is 5.46. The zero-order chi connectivity index (χ0) is 14.7. The van der Waals surface area contributed by atoms with Crippen LogP contribution in [0.15, 0.2) is 18.2 Å². The Morgan fingerprint density at radius 3 is 2.70 bits per heavy atom. The zero-order valence-corrected chi connectivity index (χ0v) is 11.9. The van der Waals surface area contributed by atoms with Crippen LogP contribution in [0.25, 0.3) is 0 Å². The monoisotopic (exact) mass is 286 g/mol. The summed E-state index contributed by atoms with van der Waals surface area (Å²) in [6.07, 6.45) is 0.960. The molecule has 4 nitrogen and oxygen atoms in total. The lowest BCUT2D eigenvalue weighted by atomic mass is 10.1. The predicted molar refractivity (Wildman–Crippen MR) is 73.7 cm³/mol. The first kappa shape index (κ1) is 14.8. The van der Waals surface area contributed by atoms with Crippen LogP contribution >= 0.6 is 0 Å². The van der Waals surface area contributed by atoms with Crippen LogP contribution in [0.4, 0.5) is 14.5 Å². The van der Waals surface area contributed by atoms with E-state index in [1.807, 2.05) is 0 Å². The van der Waals surface area contributed by atoms with Crippen molar-refractivity contribution in [2.75, 3.05) is 26.0 Å². The molecular formula is C14H20F2N2O2. The standard InChI is InChI=1S/C14H20F2N2O2/c1-9-6-10(8-18(9)2)17-12-7-11(19-3)4-5-13(12)20-14(15)16/h4-5,7,9-10,14,17H,6,8H2,1-3H3. The number of ether oxygens (including phenoxy) is 2. The van der Waals surface area contributed by atoms with Crippen LogP contribution < -0.4 is 14.8 Å². The maximum Gasteiger partial charge on any atom is 0.387 e. The van der Waals surface area contributed by atoms with Crippen molar-refractivity contribution in [3.63, 3.8) is 0 Å². The van der Waals surface area contributed by atoms with E-state index < -0.39 is 6.61 Å². The molecule has 6 heteroatoms. The number of hydrogen-bond acceptors (Lipinski definition) is 4. The van der Waals surface area contributed by atoms with Gasteiger partial charge < -0.3 is 19.7 Å².